The Morgan fingerprint density at radius 3 is 2.81 bits per heavy atom. The molecule has 7 nitrogen and oxygen atoms in total. The molecule has 0 bridgehead atoms. The van der Waals surface area contributed by atoms with E-state index in [0.717, 1.165) is 25.0 Å². The lowest BCUT2D eigenvalue weighted by atomic mass is 9.78. The van der Waals surface area contributed by atoms with Crippen molar-refractivity contribution in [3.63, 3.8) is 0 Å². The minimum atomic E-state index is -0.370. The zero-order valence-electron chi connectivity index (χ0n) is 14.8. The number of anilines is 1. The maximum absolute atomic E-state index is 12.5. The highest BCUT2D eigenvalue weighted by molar-refractivity contribution is 7.17. The van der Waals surface area contributed by atoms with Gasteiger partial charge in [-0.05, 0) is 24.7 Å². The number of Topliss-reactive ketones (excluding diaryl/α,β-unsaturated/α-hetero) is 1. The molecule has 3 heterocycles. The number of nitrogens with one attached hydrogen (secondary N) is 1. The molecule has 138 valence electrons. The van der Waals surface area contributed by atoms with Crippen LogP contribution in [0.25, 0.3) is 0 Å². The summed E-state index contributed by atoms with van der Waals surface area (Å²) in [5.74, 6) is 0.494. The van der Waals surface area contributed by atoms with Gasteiger partial charge in [0.15, 0.2) is 22.5 Å². The standard InChI is InChI=1S/C18H21N3O4S/c1-18(2)7-11-14(13(22)8-18)26-17(20-11)21-15(23)12-9-25-16(19-12)10-3-5-24-6-4-10/h9-10H,3-8H2,1-2H3,(H,20,21,23). The van der Waals surface area contributed by atoms with Gasteiger partial charge >= 0.3 is 0 Å². The van der Waals surface area contributed by atoms with Gasteiger partial charge in [-0.2, -0.15) is 0 Å². The van der Waals surface area contributed by atoms with Gasteiger partial charge in [-0.1, -0.05) is 25.2 Å². The minimum absolute atomic E-state index is 0.0931. The number of hydrogen-bond acceptors (Lipinski definition) is 7. The quantitative estimate of drug-likeness (QED) is 0.883. The van der Waals surface area contributed by atoms with Gasteiger partial charge in [-0.15, -0.1) is 0 Å². The Morgan fingerprint density at radius 2 is 2.04 bits per heavy atom. The van der Waals surface area contributed by atoms with Gasteiger partial charge in [0.05, 0.1) is 10.6 Å². The Morgan fingerprint density at radius 1 is 1.27 bits per heavy atom. The van der Waals surface area contributed by atoms with Crippen LogP contribution in [0.1, 0.15) is 70.8 Å². The summed E-state index contributed by atoms with van der Waals surface area (Å²) in [6.45, 7) is 5.48. The fourth-order valence-corrected chi connectivity index (χ4v) is 4.37. The van der Waals surface area contributed by atoms with Crippen LogP contribution in [0, 0.1) is 5.41 Å². The van der Waals surface area contributed by atoms with Crippen molar-refractivity contribution in [2.75, 3.05) is 18.5 Å². The van der Waals surface area contributed by atoms with Crippen LogP contribution < -0.4 is 5.32 Å². The van der Waals surface area contributed by atoms with E-state index in [1.54, 1.807) is 0 Å². The van der Waals surface area contributed by atoms with Gasteiger partial charge in [0, 0.05) is 25.6 Å². The Labute approximate surface area is 155 Å². The highest BCUT2D eigenvalue weighted by atomic mass is 32.1. The fourth-order valence-electron chi connectivity index (χ4n) is 3.46. The maximum Gasteiger partial charge on any atom is 0.279 e. The first-order valence-corrected chi connectivity index (χ1v) is 9.60. The van der Waals surface area contributed by atoms with Crippen molar-refractivity contribution in [1.82, 2.24) is 9.97 Å². The average molecular weight is 375 g/mol. The molecule has 1 fully saturated rings. The van der Waals surface area contributed by atoms with Gasteiger partial charge in [0.1, 0.15) is 6.26 Å². The number of nitrogens with zero attached hydrogens (tertiary/aromatic N) is 2. The van der Waals surface area contributed by atoms with E-state index in [4.69, 9.17) is 9.15 Å². The number of oxazole rings is 1. The molecule has 0 spiro atoms. The summed E-state index contributed by atoms with van der Waals surface area (Å²) in [5.41, 5.74) is 0.908. The number of hydrogen-bond donors (Lipinski definition) is 1. The molecule has 1 amide bonds. The van der Waals surface area contributed by atoms with Crippen molar-refractivity contribution in [2.45, 2.75) is 45.4 Å². The monoisotopic (exact) mass is 375 g/mol. The van der Waals surface area contributed by atoms with Gasteiger partial charge < -0.3 is 9.15 Å². The highest BCUT2D eigenvalue weighted by Crippen LogP contribution is 2.38. The molecule has 1 aliphatic carbocycles. The number of fused-ring (bicyclic) bond motifs is 1. The van der Waals surface area contributed by atoms with E-state index in [1.165, 1.54) is 17.6 Å². The van der Waals surface area contributed by atoms with Crippen molar-refractivity contribution < 1.29 is 18.7 Å². The van der Waals surface area contributed by atoms with Crippen LogP contribution in [0.3, 0.4) is 0 Å². The van der Waals surface area contributed by atoms with Crippen molar-refractivity contribution in [3.8, 4) is 0 Å². The van der Waals surface area contributed by atoms with E-state index in [2.05, 4.69) is 29.1 Å². The smallest absolute Gasteiger partial charge is 0.279 e. The Balaban J connectivity index is 1.47. The zero-order chi connectivity index (χ0) is 18.3. The molecule has 2 aliphatic rings. The summed E-state index contributed by atoms with van der Waals surface area (Å²) >= 11 is 1.23. The summed E-state index contributed by atoms with van der Waals surface area (Å²) in [5, 5.41) is 3.18. The van der Waals surface area contributed by atoms with E-state index >= 15 is 0 Å². The summed E-state index contributed by atoms with van der Waals surface area (Å²) < 4.78 is 10.8. The zero-order valence-corrected chi connectivity index (χ0v) is 15.6. The predicted octanol–water partition coefficient (Wildman–Crippen LogP) is 3.43. The molecule has 0 radical (unpaired) electrons. The van der Waals surface area contributed by atoms with E-state index in [1.807, 2.05) is 0 Å². The molecule has 2 aromatic heterocycles. The third-order valence-corrected chi connectivity index (χ3v) is 5.84. The molecule has 2 aromatic rings. The molecular formula is C18H21N3O4S. The van der Waals surface area contributed by atoms with Gasteiger partial charge in [-0.3, -0.25) is 14.9 Å². The highest BCUT2D eigenvalue weighted by Gasteiger charge is 2.34. The molecule has 0 unspecified atom stereocenters. The van der Waals surface area contributed by atoms with Crippen LogP contribution >= 0.6 is 11.3 Å². The summed E-state index contributed by atoms with van der Waals surface area (Å²) in [7, 11) is 0. The molecule has 1 N–H and O–H groups in total. The van der Waals surface area contributed by atoms with E-state index < -0.39 is 0 Å². The minimum Gasteiger partial charge on any atom is -0.448 e. The van der Waals surface area contributed by atoms with Crippen LogP contribution in [-0.4, -0.2) is 34.9 Å². The first kappa shape index (κ1) is 17.4. The summed E-state index contributed by atoms with van der Waals surface area (Å²) in [6.07, 6.45) is 4.31. The number of rotatable bonds is 3. The van der Waals surface area contributed by atoms with Gasteiger partial charge in [0.2, 0.25) is 0 Å². The first-order chi connectivity index (χ1) is 12.4. The van der Waals surface area contributed by atoms with Crippen LogP contribution in [-0.2, 0) is 11.2 Å². The largest absolute Gasteiger partial charge is 0.448 e. The Kier molecular flexibility index (Phi) is 4.40. The third kappa shape index (κ3) is 3.43. The number of aromatic nitrogens is 2. The number of thiazole rings is 1. The van der Waals surface area contributed by atoms with Crippen LogP contribution in [0.2, 0.25) is 0 Å². The summed E-state index contributed by atoms with van der Waals surface area (Å²) in [4.78, 5) is 34.2. The molecule has 1 saturated heterocycles. The molecule has 1 aliphatic heterocycles. The molecule has 0 saturated carbocycles. The maximum atomic E-state index is 12.5. The predicted molar refractivity (Wildman–Crippen MR) is 95.8 cm³/mol. The Hall–Kier alpha value is -2.06. The van der Waals surface area contributed by atoms with Crippen molar-refractivity contribution in [1.29, 1.82) is 0 Å². The van der Waals surface area contributed by atoms with E-state index in [0.29, 0.717) is 35.5 Å². The van der Waals surface area contributed by atoms with Crippen LogP contribution in [0.15, 0.2) is 10.7 Å². The molecule has 26 heavy (non-hydrogen) atoms. The number of amides is 1. The molecular weight excluding hydrogens is 354 g/mol. The van der Waals surface area contributed by atoms with E-state index in [9.17, 15) is 9.59 Å². The second-order valence-corrected chi connectivity index (χ2v) is 8.65. The summed E-state index contributed by atoms with van der Waals surface area (Å²) in [6, 6.07) is 0. The fraction of sp³-hybridized carbons (Fsp3) is 0.556. The van der Waals surface area contributed by atoms with Crippen LogP contribution in [0.5, 0.6) is 0 Å². The lowest BCUT2D eigenvalue weighted by Crippen LogP contribution is -2.26. The van der Waals surface area contributed by atoms with Gasteiger partial charge in [0.25, 0.3) is 5.91 Å². The topological polar surface area (TPSA) is 94.3 Å². The number of ketones is 1. The lowest BCUT2D eigenvalue weighted by molar-refractivity contribution is 0.0794. The number of ether oxygens (including phenoxy) is 1. The SMILES string of the molecule is CC1(C)CC(=O)c2sc(NC(=O)c3coc(C4CCOCC4)n3)nc2C1. The van der Waals surface area contributed by atoms with Crippen molar-refractivity contribution in [3.05, 3.63) is 28.4 Å². The van der Waals surface area contributed by atoms with Gasteiger partial charge in [-0.25, -0.2) is 9.97 Å². The molecule has 4 rings (SSSR count). The third-order valence-electron chi connectivity index (χ3n) is 4.78. The molecule has 0 aromatic carbocycles. The lowest BCUT2D eigenvalue weighted by Gasteiger charge is -2.26. The van der Waals surface area contributed by atoms with Crippen molar-refractivity contribution in [2.24, 2.45) is 5.41 Å². The normalized spacial score (nSPS) is 20.0. The second kappa shape index (κ2) is 6.59. The number of carbonyl (C=O) groups excluding carboxylic acids is 2. The number of carbonyl (C=O) groups is 2. The Bertz CT molecular complexity index is 848. The molecule has 8 heteroatoms. The second-order valence-electron chi connectivity index (χ2n) is 7.65. The van der Waals surface area contributed by atoms with Crippen LogP contribution in [0.4, 0.5) is 5.13 Å². The molecule has 0 atom stereocenters. The van der Waals surface area contributed by atoms with E-state index in [-0.39, 0.29) is 28.7 Å². The van der Waals surface area contributed by atoms with Crippen molar-refractivity contribution >= 4 is 28.2 Å². The average Bonchev–Trinajstić information content (AvgIpc) is 3.21. The first-order valence-electron chi connectivity index (χ1n) is 8.79.